The number of hydrogen-bond acceptors (Lipinski definition) is 4. The van der Waals surface area contributed by atoms with E-state index in [-0.39, 0.29) is 0 Å². The van der Waals surface area contributed by atoms with E-state index in [2.05, 4.69) is 10.4 Å². The Bertz CT molecular complexity index is 911. The van der Waals surface area contributed by atoms with Gasteiger partial charge in [-0.1, -0.05) is 29.8 Å². The number of hydrazone groups is 1. The normalized spacial score (nSPS) is 19.7. The van der Waals surface area contributed by atoms with Crippen molar-refractivity contribution in [1.82, 2.24) is 10.3 Å². The standard InChI is InChI=1S/C21H23N3O3/c1-13-10-14(2)18(15(3)11-13)12-22-24-19(25)21(4,23-20(24)26)16-6-8-17(27-5)9-7-16/h6-12H,1-5H3,(H,23,26)/b22-12-/t21-/m1/s1. The molecule has 0 spiro atoms. The lowest BCUT2D eigenvalue weighted by Gasteiger charge is -2.21. The van der Waals surface area contributed by atoms with Crippen LogP contribution in [-0.4, -0.2) is 30.3 Å². The number of methoxy groups -OCH3 is 1. The van der Waals surface area contributed by atoms with Crippen molar-refractivity contribution in [3.05, 3.63) is 64.2 Å². The molecule has 6 nitrogen and oxygen atoms in total. The summed E-state index contributed by atoms with van der Waals surface area (Å²) in [7, 11) is 1.57. The molecule has 3 amide bonds. The molecule has 0 aliphatic carbocycles. The molecule has 2 aromatic rings. The van der Waals surface area contributed by atoms with Crippen LogP contribution in [0.3, 0.4) is 0 Å². The number of nitrogens with one attached hydrogen (secondary N) is 1. The van der Waals surface area contributed by atoms with E-state index in [0.717, 1.165) is 27.3 Å². The Hall–Kier alpha value is -3.15. The summed E-state index contributed by atoms with van der Waals surface area (Å²) in [4.78, 5) is 25.3. The van der Waals surface area contributed by atoms with Crippen molar-refractivity contribution in [2.45, 2.75) is 33.2 Å². The first-order chi connectivity index (χ1) is 12.8. The van der Waals surface area contributed by atoms with E-state index < -0.39 is 17.5 Å². The molecule has 27 heavy (non-hydrogen) atoms. The minimum absolute atomic E-state index is 0.420. The predicted octanol–water partition coefficient (Wildman–Crippen LogP) is 3.42. The van der Waals surface area contributed by atoms with Crippen LogP contribution in [0.2, 0.25) is 0 Å². The highest BCUT2D eigenvalue weighted by atomic mass is 16.5. The van der Waals surface area contributed by atoms with Crippen LogP contribution in [0.25, 0.3) is 0 Å². The molecule has 0 saturated carbocycles. The lowest BCUT2D eigenvalue weighted by Crippen LogP contribution is -2.40. The molecule has 1 aliphatic heterocycles. The first-order valence-corrected chi connectivity index (χ1v) is 8.69. The number of amides is 3. The van der Waals surface area contributed by atoms with Gasteiger partial charge in [-0.15, -0.1) is 5.01 Å². The van der Waals surface area contributed by atoms with E-state index in [1.807, 2.05) is 32.9 Å². The van der Waals surface area contributed by atoms with E-state index in [9.17, 15) is 9.59 Å². The van der Waals surface area contributed by atoms with Gasteiger partial charge in [-0.2, -0.15) is 5.10 Å². The first-order valence-electron chi connectivity index (χ1n) is 8.69. The summed E-state index contributed by atoms with van der Waals surface area (Å²) in [6.07, 6.45) is 1.57. The second kappa shape index (κ2) is 6.87. The summed E-state index contributed by atoms with van der Waals surface area (Å²) in [6, 6.07) is 10.6. The molecular weight excluding hydrogens is 342 g/mol. The second-order valence-electron chi connectivity index (χ2n) is 6.96. The van der Waals surface area contributed by atoms with Gasteiger partial charge in [0.25, 0.3) is 5.91 Å². The Labute approximate surface area is 158 Å². The van der Waals surface area contributed by atoms with Crippen LogP contribution in [0.15, 0.2) is 41.5 Å². The minimum Gasteiger partial charge on any atom is -0.497 e. The third-order valence-corrected chi connectivity index (χ3v) is 4.88. The highest BCUT2D eigenvalue weighted by Gasteiger charge is 2.49. The monoisotopic (exact) mass is 365 g/mol. The van der Waals surface area contributed by atoms with Crippen LogP contribution < -0.4 is 10.1 Å². The molecule has 2 aromatic carbocycles. The molecule has 0 radical (unpaired) electrons. The SMILES string of the molecule is COc1ccc([C@@]2(C)NC(=O)N(/N=C\c3c(C)cc(C)cc3C)C2=O)cc1. The van der Waals surface area contributed by atoms with Crippen LogP contribution in [-0.2, 0) is 10.3 Å². The second-order valence-corrected chi connectivity index (χ2v) is 6.96. The highest BCUT2D eigenvalue weighted by molar-refractivity contribution is 6.07. The maximum absolute atomic E-state index is 12.9. The molecule has 1 aliphatic rings. The van der Waals surface area contributed by atoms with Crippen molar-refractivity contribution >= 4 is 18.2 Å². The van der Waals surface area contributed by atoms with Crippen LogP contribution in [0, 0.1) is 20.8 Å². The molecule has 0 bridgehead atoms. The number of carbonyl (C=O) groups excluding carboxylic acids is 2. The maximum atomic E-state index is 12.9. The lowest BCUT2D eigenvalue weighted by molar-refractivity contribution is -0.131. The van der Waals surface area contributed by atoms with Crippen LogP contribution in [0.1, 0.15) is 34.7 Å². The third kappa shape index (κ3) is 3.30. The first kappa shape index (κ1) is 18.6. The molecule has 3 rings (SSSR count). The van der Waals surface area contributed by atoms with E-state index in [0.29, 0.717) is 11.3 Å². The molecule has 0 aromatic heterocycles. The Morgan fingerprint density at radius 1 is 1.07 bits per heavy atom. The molecule has 1 fully saturated rings. The summed E-state index contributed by atoms with van der Waals surface area (Å²) in [5, 5.41) is 7.82. The quantitative estimate of drug-likeness (QED) is 0.667. The van der Waals surface area contributed by atoms with Gasteiger partial charge in [-0.3, -0.25) is 4.79 Å². The molecule has 0 unspecified atom stereocenters. The van der Waals surface area contributed by atoms with Crippen molar-refractivity contribution < 1.29 is 14.3 Å². The lowest BCUT2D eigenvalue weighted by atomic mass is 9.92. The maximum Gasteiger partial charge on any atom is 0.346 e. The fraction of sp³-hybridized carbons (Fsp3) is 0.286. The Balaban J connectivity index is 1.90. The van der Waals surface area contributed by atoms with Crippen molar-refractivity contribution in [2.24, 2.45) is 5.10 Å². The van der Waals surface area contributed by atoms with Gasteiger partial charge in [0, 0.05) is 5.56 Å². The van der Waals surface area contributed by atoms with Crippen LogP contribution in [0.5, 0.6) is 5.75 Å². The fourth-order valence-corrected chi connectivity index (χ4v) is 3.36. The number of nitrogens with zero attached hydrogens (tertiary/aromatic N) is 2. The number of ether oxygens (including phenoxy) is 1. The van der Waals surface area contributed by atoms with E-state index in [1.165, 1.54) is 0 Å². The summed E-state index contributed by atoms with van der Waals surface area (Å²) in [6.45, 7) is 7.66. The fourth-order valence-electron chi connectivity index (χ4n) is 3.36. The number of rotatable bonds is 4. The molecule has 1 saturated heterocycles. The number of benzene rings is 2. The number of urea groups is 1. The Morgan fingerprint density at radius 2 is 1.67 bits per heavy atom. The van der Waals surface area contributed by atoms with Crippen LogP contribution in [0.4, 0.5) is 4.79 Å². The number of aryl methyl sites for hydroxylation is 3. The molecule has 1 N–H and O–H groups in total. The zero-order valence-corrected chi connectivity index (χ0v) is 16.2. The average molecular weight is 365 g/mol. The number of carbonyl (C=O) groups is 2. The topological polar surface area (TPSA) is 71.0 Å². The zero-order valence-electron chi connectivity index (χ0n) is 16.2. The van der Waals surface area contributed by atoms with E-state index in [1.54, 1.807) is 44.5 Å². The van der Waals surface area contributed by atoms with E-state index >= 15 is 0 Å². The largest absolute Gasteiger partial charge is 0.497 e. The van der Waals surface area contributed by atoms with Crippen molar-refractivity contribution in [3.63, 3.8) is 0 Å². The highest BCUT2D eigenvalue weighted by Crippen LogP contribution is 2.30. The summed E-state index contributed by atoms with van der Waals surface area (Å²) >= 11 is 0. The van der Waals surface area contributed by atoms with Crippen molar-refractivity contribution in [3.8, 4) is 5.75 Å². The van der Waals surface area contributed by atoms with Crippen LogP contribution >= 0.6 is 0 Å². The summed E-state index contributed by atoms with van der Waals surface area (Å²) in [5.41, 5.74) is 3.64. The van der Waals surface area contributed by atoms with Gasteiger partial charge in [-0.05, 0) is 56.5 Å². The van der Waals surface area contributed by atoms with Crippen molar-refractivity contribution in [1.29, 1.82) is 0 Å². The van der Waals surface area contributed by atoms with Gasteiger partial charge in [0.1, 0.15) is 11.3 Å². The summed E-state index contributed by atoms with van der Waals surface area (Å²) in [5.74, 6) is 0.260. The number of hydrogen-bond donors (Lipinski definition) is 1. The average Bonchev–Trinajstić information content (AvgIpc) is 2.84. The van der Waals surface area contributed by atoms with Crippen molar-refractivity contribution in [2.75, 3.05) is 7.11 Å². The zero-order chi connectivity index (χ0) is 19.8. The molecule has 1 heterocycles. The van der Waals surface area contributed by atoms with E-state index in [4.69, 9.17) is 4.74 Å². The van der Waals surface area contributed by atoms with Gasteiger partial charge in [-0.25, -0.2) is 4.79 Å². The van der Waals surface area contributed by atoms with Gasteiger partial charge in [0.05, 0.1) is 13.3 Å². The molecule has 6 heteroatoms. The summed E-state index contributed by atoms with van der Waals surface area (Å²) < 4.78 is 5.15. The molecule has 140 valence electrons. The van der Waals surface area contributed by atoms with Gasteiger partial charge in [0.2, 0.25) is 0 Å². The molecule has 1 atom stereocenters. The number of imide groups is 1. The predicted molar refractivity (Wildman–Crippen MR) is 104 cm³/mol. The Morgan fingerprint density at radius 3 is 2.22 bits per heavy atom. The smallest absolute Gasteiger partial charge is 0.346 e. The Kier molecular flexibility index (Phi) is 4.74. The van der Waals surface area contributed by atoms with Gasteiger partial charge < -0.3 is 10.1 Å². The van der Waals surface area contributed by atoms with Gasteiger partial charge in [0.15, 0.2) is 0 Å². The molecular formula is C21H23N3O3. The van der Waals surface area contributed by atoms with Gasteiger partial charge >= 0.3 is 6.03 Å². The third-order valence-electron chi connectivity index (χ3n) is 4.88. The minimum atomic E-state index is -1.17.